The van der Waals surface area contributed by atoms with Crippen LogP contribution in [-0.2, 0) is 19.4 Å². The molecule has 5 heteroatoms. The highest BCUT2D eigenvalue weighted by Gasteiger charge is 2.12. The van der Waals surface area contributed by atoms with Gasteiger partial charge in [-0.2, -0.15) is 0 Å². The third kappa shape index (κ3) is 5.10. The number of hydrogen-bond donors (Lipinski definition) is 1. The molecule has 0 amide bonds. The summed E-state index contributed by atoms with van der Waals surface area (Å²) in [5, 5.41) is 6.78. The smallest absolute Gasteiger partial charge is 0.133 e. The van der Waals surface area contributed by atoms with E-state index in [1.54, 1.807) is 11.3 Å². The first-order valence-corrected chi connectivity index (χ1v) is 11.1. The van der Waals surface area contributed by atoms with Gasteiger partial charge in [0.2, 0.25) is 0 Å². The van der Waals surface area contributed by atoms with E-state index in [1.165, 1.54) is 16.7 Å². The van der Waals surface area contributed by atoms with Crippen LogP contribution in [-0.4, -0.2) is 15.0 Å². The van der Waals surface area contributed by atoms with Crippen molar-refractivity contribution in [2.45, 2.75) is 40.2 Å². The number of aromatic nitrogens is 3. The Labute approximate surface area is 182 Å². The summed E-state index contributed by atoms with van der Waals surface area (Å²) in [6, 6.07) is 19.1. The number of anilines is 1. The van der Waals surface area contributed by atoms with E-state index in [0.29, 0.717) is 6.54 Å². The summed E-state index contributed by atoms with van der Waals surface area (Å²) in [6.07, 6.45) is 1.68. The van der Waals surface area contributed by atoms with Gasteiger partial charge >= 0.3 is 0 Å². The second kappa shape index (κ2) is 9.18. The second-order valence-corrected chi connectivity index (χ2v) is 8.54. The Morgan fingerprint density at radius 1 is 0.800 bits per heavy atom. The van der Waals surface area contributed by atoms with Gasteiger partial charge in [-0.3, -0.25) is 0 Å². The number of nitrogens with one attached hydrogen (secondary N) is 1. The van der Waals surface area contributed by atoms with E-state index in [0.717, 1.165) is 46.4 Å². The molecule has 2 aromatic carbocycles. The molecule has 0 spiro atoms. The van der Waals surface area contributed by atoms with Gasteiger partial charge in [0.25, 0.3) is 0 Å². The standard InChI is InChI=1S/C25H26N4S/c1-17-9-11-21(12-10-17)13-23-18(2)27-19(3)28-25(23)26-15-22-16-30-24(29-22)14-20-7-5-4-6-8-20/h4-12,16H,13-15H2,1-3H3,(H,26,27,28). The fourth-order valence-corrected chi connectivity index (χ4v) is 4.29. The molecule has 152 valence electrons. The quantitative estimate of drug-likeness (QED) is 0.424. The molecule has 0 radical (unpaired) electrons. The average Bonchev–Trinajstić information content (AvgIpc) is 3.18. The fourth-order valence-electron chi connectivity index (χ4n) is 3.46. The molecule has 0 aliphatic carbocycles. The first-order chi connectivity index (χ1) is 14.6. The topological polar surface area (TPSA) is 50.7 Å². The normalized spacial score (nSPS) is 10.9. The van der Waals surface area contributed by atoms with Gasteiger partial charge < -0.3 is 5.32 Å². The lowest BCUT2D eigenvalue weighted by atomic mass is 10.0. The molecule has 0 bridgehead atoms. The maximum Gasteiger partial charge on any atom is 0.133 e. The van der Waals surface area contributed by atoms with Gasteiger partial charge in [-0.25, -0.2) is 15.0 Å². The first-order valence-electron chi connectivity index (χ1n) is 10.2. The lowest BCUT2D eigenvalue weighted by molar-refractivity contribution is 0.936. The average molecular weight is 415 g/mol. The Hall–Kier alpha value is -3.05. The molecule has 0 aliphatic heterocycles. The summed E-state index contributed by atoms with van der Waals surface area (Å²) < 4.78 is 0. The molecule has 2 heterocycles. The highest BCUT2D eigenvalue weighted by atomic mass is 32.1. The van der Waals surface area contributed by atoms with Crippen molar-refractivity contribution in [2.24, 2.45) is 0 Å². The van der Waals surface area contributed by atoms with Crippen LogP contribution in [0.3, 0.4) is 0 Å². The highest BCUT2D eigenvalue weighted by Crippen LogP contribution is 2.22. The fraction of sp³-hybridized carbons (Fsp3) is 0.240. The summed E-state index contributed by atoms with van der Waals surface area (Å²) >= 11 is 1.71. The van der Waals surface area contributed by atoms with E-state index in [2.05, 4.69) is 78.1 Å². The maximum atomic E-state index is 4.80. The Morgan fingerprint density at radius 3 is 2.30 bits per heavy atom. The molecule has 4 aromatic rings. The molecule has 1 N–H and O–H groups in total. The van der Waals surface area contributed by atoms with Crippen molar-refractivity contribution in [3.8, 4) is 0 Å². The predicted molar refractivity (Wildman–Crippen MR) is 124 cm³/mol. The van der Waals surface area contributed by atoms with E-state index in [9.17, 15) is 0 Å². The summed E-state index contributed by atoms with van der Waals surface area (Å²) in [5.74, 6) is 1.68. The van der Waals surface area contributed by atoms with Gasteiger partial charge in [-0.05, 0) is 31.9 Å². The largest absolute Gasteiger partial charge is 0.364 e. The van der Waals surface area contributed by atoms with Crippen LogP contribution in [0.5, 0.6) is 0 Å². The molecule has 0 saturated heterocycles. The van der Waals surface area contributed by atoms with Gasteiger partial charge in [-0.15, -0.1) is 11.3 Å². The van der Waals surface area contributed by atoms with Crippen LogP contribution in [0.1, 0.15) is 44.5 Å². The van der Waals surface area contributed by atoms with Crippen molar-refractivity contribution in [2.75, 3.05) is 5.32 Å². The number of benzene rings is 2. The summed E-state index contributed by atoms with van der Waals surface area (Å²) in [5.41, 5.74) is 7.02. The molecule has 0 atom stereocenters. The van der Waals surface area contributed by atoms with Crippen molar-refractivity contribution in [1.29, 1.82) is 0 Å². The summed E-state index contributed by atoms with van der Waals surface area (Å²) in [6.45, 7) is 6.76. The molecule has 2 aromatic heterocycles. The Bertz CT molecular complexity index is 1120. The van der Waals surface area contributed by atoms with Crippen LogP contribution in [0.2, 0.25) is 0 Å². The number of rotatable bonds is 7. The number of nitrogens with zero attached hydrogens (tertiary/aromatic N) is 3. The highest BCUT2D eigenvalue weighted by molar-refractivity contribution is 7.09. The van der Waals surface area contributed by atoms with E-state index in [-0.39, 0.29) is 0 Å². The van der Waals surface area contributed by atoms with Gasteiger partial charge in [0.1, 0.15) is 11.6 Å². The van der Waals surface area contributed by atoms with Crippen molar-refractivity contribution >= 4 is 17.2 Å². The Kier molecular flexibility index (Phi) is 6.19. The van der Waals surface area contributed by atoms with Crippen molar-refractivity contribution in [1.82, 2.24) is 15.0 Å². The number of hydrogen-bond acceptors (Lipinski definition) is 5. The van der Waals surface area contributed by atoms with Crippen LogP contribution >= 0.6 is 11.3 Å². The maximum absolute atomic E-state index is 4.80. The second-order valence-electron chi connectivity index (χ2n) is 7.59. The SMILES string of the molecule is Cc1ccc(Cc2c(C)nc(C)nc2NCc2csc(Cc3ccccc3)n2)cc1. The monoisotopic (exact) mass is 414 g/mol. The molecular weight excluding hydrogens is 388 g/mol. The van der Waals surface area contributed by atoms with Gasteiger partial charge in [0.15, 0.2) is 0 Å². The van der Waals surface area contributed by atoms with Gasteiger partial charge in [0.05, 0.1) is 17.2 Å². The van der Waals surface area contributed by atoms with Crippen molar-refractivity contribution < 1.29 is 0 Å². The van der Waals surface area contributed by atoms with E-state index in [1.807, 2.05) is 13.0 Å². The zero-order valence-electron chi connectivity index (χ0n) is 17.6. The van der Waals surface area contributed by atoms with Crippen LogP contribution < -0.4 is 5.32 Å². The van der Waals surface area contributed by atoms with Crippen molar-refractivity contribution in [3.05, 3.63) is 104 Å². The summed E-state index contributed by atoms with van der Waals surface area (Å²) in [4.78, 5) is 14.1. The minimum Gasteiger partial charge on any atom is -0.364 e. The summed E-state index contributed by atoms with van der Waals surface area (Å²) in [7, 11) is 0. The molecule has 30 heavy (non-hydrogen) atoms. The van der Waals surface area contributed by atoms with Crippen molar-refractivity contribution in [3.63, 3.8) is 0 Å². The van der Waals surface area contributed by atoms with Crippen LogP contribution in [0, 0.1) is 20.8 Å². The third-order valence-electron chi connectivity index (χ3n) is 5.06. The minimum absolute atomic E-state index is 0.655. The zero-order valence-corrected chi connectivity index (χ0v) is 18.5. The predicted octanol–water partition coefficient (Wildman–Crippen LogP) is 5.65. The Morgan fingerprint density at radius 2 is 1.53 bits per heavy atom. The number of thiazole rings is 1. The molecule has 4 rings (SSSR count). The van der Waals surface area contributed by atoms with Gasteiger partial charge in [-0.1, -0.05) is 60.2 Å². The molecule has 0 unspecified atom stereocenters. The third-order valence-corrected chi connectivity index (χ3v) is 5.96. The molecule has 0 fully saturated rings. The molecule has 0 aliphatic rings. The van der Waals surface area contributed by atoms with Crippen LogP contribution in [0.15, 0.2) is 60.0 Å². The lowest BCUT2D eigenvalue weighted by Gasteiger charge is -2.14. The van der Waals surface area contributed by atoms with E-state index < -0.39 is 0 Å². The molecule has 0 saturated carbocycles. The van der Waals surface area contributed by atoms with Gasteiger partial charge in [0, 0.05) is 29.5 Å². The van der Waals surface area contributed by atoms with E-state index >= 15 is 0 Å². The molecular formula is C25H26N4S. The number of aryl methyl sites for hydroxylation is 3. The molecule has 4 nitrogen and oxygen atoms in total. The Balaban J connectivity index is 1.48. The van der Waals surface area contributed by atoms with Crippen LogP contribution in [0.25, 0.3) is 0 Å². The first kappa shape index (κ1) is 20.2. The lowest BCUT2D eigenvalue weighted by Crippen LogP contribution is -2.10. The van der Waals surface area contributed by atoms with Crippen LogP contribution in [0.4, 0.5) is 5.82 Å². The van der Waals surface area contributed by atoms with E-state index in [4.69, 9.17) is 9.97 Å². The minimum atomic E-state index is 0.655. The zero-order chi connectivity index (χ0) is 20.9.